The number of aromatic nitrogens is 1. The molecule has 3 N–H and O–H groups in total. The number of nitrogens with one attached hydrogen (secondary N) is 3. The molecule has 0 aliphatic heterocycles. The Kier molecular flexibility index (Phi) is 9.23. The fourth-order valence-corrected chi connectivity index (χ4v) is 5.33. The fourth-order valence-electron chi connectivity index (χ4n) is 4.24. The Labute approximate surface area is 209 Å². The number of nitrogens with zero attached hydrogens (tertiary/aromatic N) is 3. The monoisotopic (exact) mass is 502 g/mol. The number of rotatable bonds is 12. The van der Waals surface area contributed by atoms with Crippen LogP contribution < -0.4 is 15.4 Å². The van der Waals surface area contributed by atoms with Gasteiger partial charge in [-0.1, -0.05) is 31.0 Å². The van der Waals surface area contributed by atoms with Crippen LogP contribution in [0, 0.1) is 0 Å². The number of pyridine rings is 1. The Morgan fingerprint density at radius 1 is 1.03 bits per heavy atom. The van der Waals surface area contributed by atoms with E-state index in [0.29, 0.717) is 31.0 Å². The molecule has 3 rings (SSSR count). The van der Waals surface area contributed by atoms with Crippen LogP contribution in [0.4, 0.5) is 5.82 Å². The molecule has 0 spiro atoms. The standard InChI is InChI=1S/C25H38N6O3S/c1-30(2)17-16-26-24(32)21-12-10-20(11-13-21)18-27-22-8-7-9-23(29-22)35(33,34)28-19-25(31(3)4)14-5-6-15-25/h7-13,28H,5-6,14-19H2,1-4H3,(H,26,32)(H,27,29). The maximum Gasteiger partial charge on any atom is 0.258 e. The zero-order valence-electron chi connectivity index (χ0n) is 21.2. The number of amides is 1. The molecular formula is C25H38N6O3S. The number of hydrogen-bond donors (Lipinski definition) is 3. The van der Waals surface area contributed by atoms with Crippen LogP contribution in [-0.4, -0.2) is 82.5 Å². The van der Waals surface area contributed by atoms with Gasteiger partial charge in [0.2, 0.25) is 0 Å². The molecule has 1 aliphatic carbocycles. The Morgan fingerprint density at radius 2 is 1.71 bits per heavy atom. The Balaban J connectivity index is 1.57. The second-order valence-corrected chi connectivity index (χ2v) is 11.3. The van der Waals surface area contributed by atoms with Crippen molar-refractivity contribution in [2.45, 2.75) is 42.8 Å². The van der Waals surface area contributed by atoms with Gasteiger partial charge in [0.1, 0.15) is 5.82 Å². The molecule has 10 heteroatoms. The van der Waals surface area contributed by atoms with E-state index in [1.165, 1.54) is 6.07 Å². The predicted molar refractivity (Wildman–Crippen MR) is 139 cm³/mol. The van der Waals surface area contributed by atoms with Crippen molar-refractivity contribution in [1.29, 1.82) is 0 Å². The molecule has 1 amide bonds. The van der Waals surface area contributed by atoms with Crippen molar-refractivity contribution in [3.8, 4) is 0 Å². The zero-order chi connectivity index (χ0) is 25.5. The summed E-state index contributed by atoms with van der Waals surface area (Å²) in [7, 11) is 4.20. The predicted octanol–water partition coefficient (Wildman–Crippen LogP) is 2.14. The van der Waals surface area contributed by atoms with Gasteiger partial charge in [-0.3, -0.25) is 4.79 Å². The Morgan fingerprint density at radius 3 is 2.34 bits per heavy atom. The molecule has 1 aliphatic rings. The van der Waals surface area contributed by atoms with Crippen molar-refractivity contribution in [2.75, 3.05) is 53.1 Å². The van der Waals surface area contributed by atoms with Gasteiger partial charge in [-0.2, -0.15) is 0 Å². The zero-order valence-corrected chi connectivity index (χ0v) is 22.0. The highest BCUT2D eigenvalue weighted by Gasteiger charge is 2.37. The van der Waals surface area contributed by atoms with E-state index in [2.05, 4.69) is 25.2 Å². The summed E-state index contributed by atoms with van der Waals surface area (Å²) in [6.07, 6.45) is 4.18. The summed E-state index contributed by atoms with van der Waals surface area (Å²) in [6.45, 7) is 2.19. The minimum absolute atomic E-state index is 0.000791. The van der Waals surface area contributed by atoms with Gasteiger partial charge in [-0.25, -0.2) is 18.1 Å². The lowest BCUT2D eigenvalue weighted by atomic mass is 9.97. The largest absolute Gasteiger partial charge is 0.366 e. The highest BCUT2D eigenvalue weighted by molar-refractivity contribution is 7.89. The molecule has 1 aromatic heterocycles. The first-order valence-corrected chi connectivity index (χ1v) is 13.5. The molecule has 9 nitrogen and oxygen atoms in total. The molecule has 1 saturated carbocycles. The summed E-state index contributed by atoms with van der Waals surface area (Å²) in [5.41, 5.74) is 1.41. The lowest BCUT2D eigenvalue weighted by Gasteiger charge is -2.36. The van der Waals surface area contributed by atoms with Crippen LogP contribution in [0.5, 0.6) is 0 Å². The smallest absolute Gasteiger partial charge is 0.258 e. The molecule has 2 aromatic rings. The molecule has 0 bridgehead atoms. The van der Waals surface area contributed by atoms with E-state index in [1.54, 1.807) is 24.3 Å². The maximum absolute atomic E-state index is 12.9. The highest BCUT2D eigenvalue weighted by atomic mass is 32.2. The number of hydrogen-bond acceptors (Lipinski definition) is 7. The third-order valence-corrected chi connectivity index (χ3v) is 7.91. The van der Waals surface area contributed by atoms with E-state index >= 15 is 0 Å². The van der Waals surface area contributed by atoms with Crippen molar-refractivity contribution in [1.82, 2.24) is 24.8 Å². The van der Waals surface area contributed by atoms with Gasteiger partial charge in [0.15, 0.2) is 5.03 Å². The average Bonchev–Trinajstić information content (AvgIpc) is 3.32. The minimum atomic E-state index is -3.73. The normalized spacial score (nSPS) is 15.5. The maximum atomic E-state index is 12.9. The summed E-state index contributed by atoms with van der Waals surface area (Å²) in [4.78, 5) is 20.7. The third kappa shape index (κ3) is 7.47. The van der Waals surface area contributed by atoms with Gasteiger partial charge in [-0.15, -0.1) is 0 Å². The van der Waals surface area contributed by atoms with Gasteiger partial charge in [-0.05, 0) is 70.9 Å². The lowest BCUT2D eigenvalue weighted by molar-refractivity contribution is 0.0951. The number of likely N-dealkylation sites (N-methyl/N-ethyl adjacent to an activating group) is 2. The SMILES string of the molecule is CN(C)CCNC(=O)c1ccc(CNc2cccc(S(=O)(=O)NCC3(N(C)C)CCCC3)n2)cc1. The van der Waals surface area contributed by atoms with Gasteiger partial charge in [0, 0.05) is 37.3 Å². The van der Waals surface area contributed by atoms with Crippen molar-refractivity contribution in [3.05, 3.63) is 53.6 Å². The number of anilines is 1. The van der Waals surface area contributed by atoms with E-state index in [0.717, 1.165) is 37.8 Å². The molecule has 0 unspecified atom stereocenters. The van der Waals surface area contributed by atoms with E-state index in [4.69, 9.17) is 0 Å². The second kappa shape index (κ2) is 11.9. The first kappa shape index (κ1) is 27.1. The van der Waals surface area contributed by atoms with Crippen LogP contribution in [0.2, 0.25) is 0 Å². The van der Waals surface area contributed by atoms with Gasteiger partial charge >= 0.3 is 0 Å². The molecule has 1 heterocycles. The molecule has 192 valence electrons. The van der Waals surface area contributed by atoms with Crippen molar-refractivity contribution >= 4 is 21.7 Å². The average molecular weight is 503 g/mol. The van der Waals surface area contributed by atoms with Crippen molar-refractivity contribution in [2.24, 2.45) is 0 Å². The quantitative estimate of drug-likeness (QED) is 0.408. The van der Waals surface area contributed by atoms with Crippen molar-refractivity contribution < 1.29 is 13.2 Å². The van der Waals surface area contributed by atoms with Crippen LogP contribution in [-0.2, 0) is 16.6 Å². The van der Waals surface area contributed by atoms with Crippen LogP contribution >= 0.6 is 0 Å². The summed E-state index contributed by atoms with van der Waals surface area (Å²) < 4.78 is 28.6. The van der Waals surface area contributed by atoms with E-state index in [-0.39, 0.29) is 16.5 Å². The highest BCUT2D eigenvalue weighted by Crippen LogP contribution is 2.33. The molecule has 0 radical (unpaired) electrons. The van der Waals surface area contributed by atoms with Crippen LogP contribution in [0.15, 0.2) is 47.5 Å². The number of carbonyl (C=O) groups is 1. The van der Waals surface area contributed by atoms with Crippen LogP contribution in [0.1, 0.15) is 41.6 Å². The van der Waals surface area contributed by atoms with Gasteiger partial charge < -0.3 is 20.4 Å². The van der Waals surface area contributed by atoms with E-state index < -0.39 is 10.0 Å². The first-order chi connectivity index (χ1) is 16.6. The topological polar surface area (TPSA) is 107 Å². The summed E-state index contributed by atoms with van der Waals surface area (Å²) in [5.74, 6) is 0.369. The second-order valence-electron chi connectivity index (χ2n) is 9.62. The molecule has 1 aromatic carbocycles. The molecule has 35 heavy (non-hydrogen) atoms. The minimum Gasteiger partial charge on any atom is -0.366 e. The molecule has 1 fully saturated rings. The first-order valence-electron chi connectivity index (χ1n) is 12.0. The van der Waals surface area contributed by atoms with Gasteiger partial charge in [0.05, 0.1) is 0 Å². The Hall–Kier alpha value is -2.53. The van der Waals surface area contributed by atoms with E-state index in [1.807, 2.05) is 45.2 Å². The summed E-state index contributed by atoms with van der Waals surface area (Å²) >= 11 is 0. The summed E-state index contributed by atoms with van der Waals surface area (Å²) in [6, 6.07) is 12.2. The lowest BCUT2D eigenvalue weighted by Crippen LogP contribution is -2.50. The van der Waals surface area contributed by atoms with E-state index in [9.17, 15) is 13.2 Å². The Bertz CT molecular complexity index is 1080. The van der Waals surface area contributed by atoms with Crippen molar-refractivity contribution in [3.63, 3.8) is 0 Å². The number of sulfonamides is 1. The molecule has 0 atom stereocenters. The number of carbonyl (C=O) groups excluding carboxylic acids is 1. The third-order valence-electron chi connectivity index (χ3n) is 6.61. The van der Waals surface area contributed by atoms with Crippen LogP contribution in [0.3, 0.4) is 0 Å². The molecule has 0 saturated heterocycles. The van der Waals surface area contributed by atoms with Crippen LogP contribution in [0.25, 0.3) is 0 Å². The van der Waals surface area contributed by atoms with Gasteiger partial charge in [0.25, 0.3) is 15.9 Å². The fraction of sp³-hybridized carbons (Fsp3) is 0.520. The number of benzene rings is 1. The summed E-state index contributed by atoms with van der Waals surface area (Å²) in [5, 5.41) is 6.07. The molecular weight excluding hydrogens is 464 g/mol.